The topological polar surface area (TPSA) is 93.1 Å². The number of hydrogen-bond acceptors (Lipinski definition) is 6. The van der Waals surface area contributed by atoms with Crippen molar-refractivity contribution in [1.29, 1.82) is 0 Å². The van der Waals surface area contributed by atoms with Crippen LogP contribution in [-0.4, -0.2) is 50.8 Å². The minimum Gasteiger partial charge on any atom is -0.497 e. The van der Waals surface area contributed by atoms with E-state index in [1.807, 2.05) is 25.1 Å². The second-order valence-corrected chi connectivity index (χ2v) is 17.8. The summed E-state index contributed by atoms with van der Waals surface area (Å²) in [7, 11) is -0.438. The lowest BCUT2D eigenvalue weighted by Crippen LogP contribution is -2.42. The molecule has 0 saturated carbocycles. The predicted octanol–water partition coefficient (Wildman–Crippen LogP) is 10.6. The van der Waals surface area contributed by atoms with Crippen molar-refractivity contribution >= 4 is 9.84 Å². The van der Waals surface area contributed by atoms with Gasteiger partial charge in [-0.05, 0) is 126 Å². The third-order valence-corrected chi connectivity index (χ3v) is 14.8. The Balaban J connectivity index is 0.000000215. The first kappa shape index (κ1) is 43.3. The van der Waals surface area contributed by atoms with Gasteiger partial charge in [0.15, 0.2) is 9.84 Å². The van der Waals surface area contributed by atoms with Gasteiger partial charge in [-0.15, -0.1) is 0 Å². The van der Waals surface area contributed by atoms with Gasteiger partial charge < -0.3 is 19.7 Å². The Kier molecular flexibility index (Phi) is 14.4. The molecule has 0 radical (unpaired) electrons. The first-order valence-electron chi connectivity index (χ1n) is 20.3. The molecular formula is C47H60F2O6S. The monoisotopic (exact) mass is 790 g/mol. The lowest BCUT2D eigenvalue weighted by Gasteiger charge is -2.40. The van der Waals surface area contributed by atoms with Crippen molar-refractivity contribution in [2.45, 2.75) is 121 Å². The van der Waals surface area contributed by atoms with E-state index in [0.29, 0.717) is 29.7 Å². The second-order valence-electron chi connectivity index (χ2n) is 15.8. The maximum absolute atomic E-state index is 13.6. The summed E-state index contributed by atoms with van der Waals surface area (Å²) in [5.74, 6) is -0.163. The number of unbranched alkanes of at least 4 members (excludes halogenated alkanes) is 2. The van der Waals surface area contributed by atoms with Crippen LogP contribution in [0.2, 0.25) is 0 Å². The van der Waals surface area contributed by atoms with Crippen molar-refractivity contribution in [3.63, 3.8) is 0 Å². The molecule has 0 fully saturated rings. The van der Waals surface area contributed by atoms with Crippen LogP contribution in [0.1, 0.15) is 125 Å². The maximum atomic E-state index is 13.6. The third-order valence-electron chi connectivity index (χ3n) is 12.8. The molecule has 0 unspecified atom stereocenters. The number of aryl methyl sites for hydroxylation is 1. The summed E-state index contributed by atoms with van der Waals surface area (Å²) < 4.78 is 64.7. The molecule has 1 aliphatic heterocycles. The van der Waals surface area contributed by atoms with Crippen LogP contribution in [0, 0.1) is 22.5 Å². The van der Waals surface area contributed by atoms with E-state index in [-0.39, 0.29) is 33.6 Å². The molecule has 9 heteroatoms. The fourth-order valence-corrected chi connectivity index (χ4v) is 11.4. The molecule has 6 nitrogen and oxygen atoms in total. The molecule has 0 spiro atoms. The van der Waals surface area contributed by atoms with E-state index in [1.165, 1.54) is 36.9 Å². The fourth-order valence-electron chi connectivity index (χ4n) is 9.18. The van der Waals surface area contributed by atoms with E-state index in [1.54, 1.807) is 37.4 Å². The number of benzene rings is 4. The van der Waals surface area contributed by atoms with Gasteiger partial charge in [0.25, 0.3) is 0 Å². The second kappa shape index (κ2) is 18.6. The summed E-state index contributed by atoms with van der Waals surface area (Å²) in [6.07, 6.45) is 7.58. The number of aliphatic hydroxyl groups is 2. The number of ether oxygens (including phenoxy) is 2. The van der Waals surface area contributed by atoms with Crippen molar-refractivity contribution in [3.8, 4) is 11.5 Å². The summed E-state index contributed by atoms with van der Waals surface area (Å²) in [6, 6.07) is 23.6. The number of methoxy groups -OCH3 is 2. The molecule has 0 saturated heterocycles. The molecule has 6 rings (SSSR count). The highest BCUT2D eigenvalue weighted by atomic mass is 32.2. The molecule has 1 heterocycles. The molecule has 2 N–H and O–H groups in total. The average molecular weight is 791 g/mol. The molecule has 4 aromatic carbocycles. The number of fused-ring (bicyclic) bond motifs is 2. The zero-order valence-corrected chi connectivity index (χ0v) is 34.7. The Labute approximate surface area is 333 Å². The molecule has 56 heavy (non-hydrogen) atoms. The van der Waals surface area contributed by atoms with E-state index in [0.717, 1.165) is 68.2 Å². The molecular weight excluding hydrogens is 731 g/mol. The van der Waals surface area contributed by atoms with Gasteiger partial charge in [0, 0.05) is 17.3 Å². The Hall–Kier alpha value is -3.79. The minimum atomic E-state index is -3.63. The molecule has 0 amide bonds. The summed E-state index contributed by atoms with van der Waals surface area (Å²) in [5.41, 5.74) is 3.64. The van der Waals surface area contributed by atoms with Gasteiger partial charge in [0.05, 0.1) is 37.1 Å². The van der Waals surface area contributed by atoms with Gasteiger partial charge in [-0.3, -0.25) is 0 Å². The van der Waals surface area contributed by atoms with Crippen molar-refractivity contribution < 1.29 is 36.9 Å². The van der Waals surface area contributed by atoms with Crippen LogP contribution in [0.4, 0.5) is 8.78 Å². The molecule has 304 valence electrons. The van der Waals surface area contributed by atoms with Gasteiger partial charge in [-0.2, -0.15) is 0 Å². The Bertz CT molecular complexity index is 2000. The highest BCUT2D eigenvalue weighted by Crippen LogP contribution is 2.51. The van der Waals surface area contributed by atoms with Gasteiger partial charge in [0.1, 0.15) is 23.1 Å². The summed E-state index contributed by atoms with van der Waals surface area (Å²) >= 11 is 0. The molecule has 1 aliphatic carbocycles. The van der Waals surface area contributed by atoms with Crippen LogP contribution in [0.15, 0.2) is 89.8 Å². The quantitative estimate of drug-likeness (QED) is 0.139. The van der Waals surface area contributed by atoms with Gasteiger partial charge in [0.2, 0.25) is 0 Å². The SMILES string of the molecule is CCCC[C@]1(CC)CCc2ccc(OC)cc2[C@@H](c2ccc(F)cc2)[C@H]1O.CCCC[C@]1(CC)CS(=O)(=O)c2ccc(OC)cc2[C@H](c2ccc(F)cc2)[C@@H]1O. The van der Waals surface area contributed by atoms with Gasteiger partial charge in [-0.1, -0.05) is 83.7 Å². The van der Waals surface area contributed by atoms with Crippen LogP contribution < -0.4 is 9.47 Å². The Morgan fingerprint density at radius 3 is 1.62 bits per heavy atom. The number of halogens is 2. The Morgan fingerprint density at radius 2 is 1.12 bits per heavy atom. The molecule has 2 aliphatic rings. The number of sulfone groups is 1. The zero-order valence-electron chi connectivity index (χ0n) is 33.9. The molecule has 0 bridgehead atoms. The standard InChI is InChI=1S/C24H31FO2.C23H29FO4S/c1-4-6-14-24(5-2)15-13-17-9-12-20(27-3)16-21(17)22(23(24)26)18-7-10-19(25)11-8-18;1-4-6-13-23(5-2)15-29(26,27)20-12-11-18(28-3)14-19(20)21(22(23)25)16-7-9-17(24)10-8-16/h7-12,16,22-23,26H,4-6,13-15H2,1-3H3;7-12,14,21-22,25H,4-6,13,15H2,1-3H3/t22-,23-,24-;21-,22-,23+/m10/s1. The molecule has 6 atom stereocenters. The van der Waals surface area contributed by atoms with Crippen molar-refractivity contribution in [2.24, 2.45) is 10.8 Å². The van der Waals surface area contributed by atoms with Crippen molar-refractivity contribution in [1.82, 2.24) is 0 Å². The Morgan fingerprint density at radius 1 is 0.661 bits per heavy atom. The number of hydrogen-bond donors (Lipinski definition) is 2. The normalized spacial score (nSPS) is 25.4. The predicted molar refractivity (Wildman–Crippen MR) is 219 cm³/mol. The highest BCUT2D eigenvalue weighted by molar-refractivity contribution is 7.91. The minimum absolute atomic E-state index is 0.102. The first-order chi connectivity index (χ1) is 26.8. The lowest BCUT2D eigenvalue weighted by atomic mass is 9.67. The largest absolute Gasteiger partial charge is 0.497 e. The van der Waals surface area contributed by atoms with Crippen LogP contribution in [0.3, 0.4) is 0 Å². The van der Waals surface area contributed by atoms with Crippen LogP contribution in [0.25, 0.3) is 0 Å². The molecule has 4 aromatic rings. The van der Waals surface area contributed by atoms with Crippen LogP contribution in [0.5, 0.6) is 11.5 Å². The first-order valence-corrected chi connectivity index (χ1v) is 21.9. The van der Waals surface area contributed by atoms with Gasteiger partial charge >= 0.3 is 0 Å². The lowest BCUT2D eigenvalue weighted by molar-refractivity contribution is -0.00158. The van der Waals surface area contributed by atoms with Gasteiger partial charge in [-0.25, -0.2) is 17.2 Å². The average Bonchev–Trinajstić information content (AvgIpc) is 3.37. The fraction of sp³-hybridized carbons (Fsp3) is 0.489. The summed E-state index contributed by atoms with van der Waals surface area (Å²) in [5, 5.41) is 23.3. The maximum Gasteiger partial charge on any atom is 0.179 e. The molecule has 0 aromatic heterocycles. The van der Waals surface area contributed by atoms with E-state index in [2.05, 4.69) is 32.9 Å². The summed E-state index contributed by atoms with van der Waals surface area (Å²) in [4.78, 5) is 0.221. The van der Waals surface area contributed by atoms with Crippen LogP contribution in [-0.2, 0) is 16.3 Å². The number of rotatable bonds is 12. The van der Waals surface area contributed by atoms with E-state index in [9.17, 15) is 27.4 Å². The number of aliphatic hydroxyl groups excluding tert-OH is 2. The van der Waals surface area contributed by atoms with Crippen molar-refractivity contribution in [2.75, 3.05) is 20.0 Å². The smallest absolute Gasteiger partial charge is 0.179 e. The van der Waals surface area contributed by atoms with E-state index in [4.69, 9.17) is 9.47 Å². The van der Waals surface area contributed by atoms with Crippen LogP contribution >= 0.6 is 0 Å². The summed E-state index contributed by atoms with van der Waals surface area (Å²) in [6.45, 7) is 8.38. The zero-order chi connectivity index (χ0) is 40.7. The third kappa shape index (κ3) is 9.00. The van der Waals surface area contributed by atoms with Crippen molar-refractivity contribution in [3.05, 3.63) is 124 Å². The van der Waals surface area contributed by atoms with E-state index < -0.39 is 33.4 Å². The van der Waals surface area contributed by atoms with E-state index >= 15 is 0 Å². The highest BCUT2D eigenvalue weighted by Gasteiger charge is 2.49.